The van der Waals surface area contributed by atoms with Crippen LogP contribution in [0.25, 0.3) is 22.6 Å². The zero-order valence-electron chi connectivity index (χ0n) is 18.8. The SMILES string of the molecule is COc1cc(-c2cc(C(=O)N3CC(c4nc(-c5ccncc5)no4)C3)[nH]n2)cc(OC)c1OC. The number of likely N-dealkylation sites (tertiary alicyclic amines) is 1. The molecule has 11 nitrogen and oxygen atoms in total. The van der Waals surface area contributed by atoms with Gasteiger partial charge < -0.3 is 23.6 Å². The Morgan fingerprint density at radius 3 is 2.38 bits per heavy atom. The largest absolute Gasteiger partial charge is 0.493 e. The highest BCUT2D eigenvalue weighted by Crippen LogP contribution is 2.41. The van der Waals surface area contributed by atoms with Crippen LogP contribution in [0.15, 0.2) is 47.2 Å². The first-order valence-electron chi connectivity index (χ1n) is 10.5. The van der Waals surface area contributed by atoms with Crippen molar-refractivity contribution in [1.29, 1.82) is 0 Å². The molecule has 1 aliphatic heterocycles. The Morgan fingerprint density at radius 2 is 1.74 bits per heavy atom. The van der Waals surface area contributed by atoms with Gasteiger partial charge in [-0.3, -0.25) is 14.9 Å². The van der Waals surface area contributed by atoms with E-state index in [4.69, 9.17) is 18.7 Å². The molecule has 1 N–H and O–H groups in total. The molecule has 0 saturated carbocycles. The summed E-state index contributed by atoms with van der Waals surface area (Å²) in [5.41, 5.74) is 2.51. The Labute approximate surface area is 194 Å². The van der Waals surface area contributed by atoms with E-state index in [0.717, 1.165) is 11.1 Å². The zero-order chi connectivity index (χ0) is 23.7. The number of H-pyrrole nitrogens is 1. The lowest BCUT2D eigenvalue weighted by Gasteiger charge is -2.36. The highest BCUT2D eigenvalue weighted by molar-refractivity contribution is 5.94. The van der Waals surface area contributed by atoms with Gasteiger partial charge in [-0.25, -0.2) is 0 Å². The van der Waals surface area contributed by atoms with Gasteiger partial charge in [0.15, 0.2) is 11.5 Å². The average Bonchev–Trinajstić information content (AvgIpc) is 3.53. The molecule has 1 saturated heterocycles. The number of pyridine rings is 1. The molecule has 174 valence electrons. The number of rotatable bonds is 7. The van der Waals surface area contributed by atoms with Crippen LogP contribution in [0.2, 0.25) is 0 Å². The second kappa shape index (κ2) is 8.85. The average molecular weight is 462 g/mol. The summed E-state index contributed by atoms with van der Waals surface area (Å²) in [6.07, 6.45) is 3.34. The summed E-state index contributed by atoms with van der Waals surface area (Å²) in [6.45, 7) is 0.963. The van der Waals surface area contributed by atoms with Gasteiger partial charge in [0.1, 0.15) is 5.69 Å². The van der Waals surface area contributed by atoms with E-state index in [1.165, 1.54) is 0 Å². The fourth-order valence-electron chi connectivity index (χ4n) is 3.80. The van der Waals surface area contributed by atoms with Gasteiger partial charge in [-0.2, -0.15) is 10.1 Å². The minimum atomic E-state index is -0.156. The lowest BCUT2D eigenvalue weighted by Crippen LogP contribution is -2.48. The predicted octanol–water partition coefficient (Wildman–Crippen LogP) is 2.79. The van der Waals surface area contributed by atoms with Gasteiger partial charge in [0.25, 0.3) is 5.91 Å². The van der Waals surface area contributed by atoms with Gasteiger partial charge in [-0.15, -0.1) is 0 Å². The molecule has 0 unspecified atom stereocenters. The number of aromatic nitrogens is 5. The summed E-state index contributed by atoms with van der Waals surface area (Å²) in [5.74, 6) is 2.35. The third-order valence-electron chi connectivity index (χ3n) is 5.67. The van der Waals surface area contributed by atoms with E-state index < -0.39 is 0 Å². The van der Waals surface area contributed by atoms with E-state index in [2.05, 4.69) is 25.3 Å². The normalized spacial score (nSPS) is 13.4. The predicted molar refractivity (Wildman–Crippen MR) is 120 cm³/mol. The standard InChI is InChI=1S/C23H22N6O5/c1-31-18-8-14(9-19(32-2)20(18)33-3)16-10-17(27-26-16)23(30)29-11-15(12-29)22-25-21(28-34-22)13-4-6-24-7-5-13/h4-10,15H,11-12H2,1-3H3,(H,26,27). The van der Waals surface area contributed by atoms with Gasteiger partial charge in [0.2, 0.25) is 17.5 Å². The number of hydrogen-bond donors (Lipinski definition) is 1. The van der Waals surface area contributed by atoms with Gasteiger partial charge in [-0.05, 0) is 30.3 Å². The van der Waals surface area contributed by atoms with Crippen LogP contribution in [-0.2, 0) is 0 Å². The number of methoxy groups -OCH3 is 3. The molecule has 34 heavy (non-hydrogen) atoms. The third-order valence-corrected chi connectivity index (χ3v) is 5.67. The van der Waals surface area contributed by atoms with Crippen LogP contribution in [0.5, 0.6) is 17.2 Å². The van der Waals surface area contributed by atoms with Crippen LogP contribution < -0.4 is 14.2 Å². The lowest BCUT2D eigenvalue weighted by molar-refractivity contribution is 0.0563. The molecular formula is C23H22N6O5. The molecule has 0 spiro atoms. The van der Waals surface area contributed by atoms with E-state index in [9.17, 15) is 4.79 Å². The highest BCUT2D eigenvalue weighted by atomic mass is 16.5. The Morgan fingerprint density at radius 1 is 1.03 bits per heavy atom. The molecule has 1 aliphatic rings. The topological polar surface area (TPSA) is 128 Å². The summed E-state index contributed by atoms with van der Waals surface area (Å²) in [7, 11) is 4.63. The molecule has 0 radical (unpaired) electrons. The number of nitrogens with one attached hydrogen (secondary N) is 1. The van der Waals surface area contributed by atoms with Gasteiger partial charge >= 0.3 is 0 Å². The summed E-state index contributed by atoms with van der Waals surface area (Å²) >= 11 is 0. The van der Waals surface area contributed by atoms with Gasteiger partial charge in [0, 0.05) is 36.6 Å². The minimum absolute atomic E-state index is 0.00969. The van der Waals surface area contributed by atoms with Crippen LogP contribution in [0.1, 0.15) is 22.3 Å². The van der Waals surface area contributed by atoms with Crippen LogP contribution in [0.4, 0.5) is 0 Å². The molecular weight excluding hydrogens is 440 g/mol. The van der Waals surface area contributed by atoms with E-state index in [-0.39, 0.29) is 11.8 Å². The van der Waals surface area contributed by atoms with Crippen molar-refractivity contribution in [3.63, 3.8) is 0 Å². The smallest absolute Gasteiger partial charge is 0.271 e. The minimum Gasteiger partial charge on any atom is -0.493 e. The van der Waals surface area contributed by atoms with Crippen molar-refractivity contribution in [3.8, 4) is 39.9 Å². The van der Waals surface area contributed by atoms with Crippen molar-refractivity contribution in [2.75, 3.05) is 34.4 Å². The number of amides is 1. The van der Waals surface area contributed by atoms with Crippen molar-refractivity contribution in [2.45, 2.75) is 5.92 Å². The fourth-order valence-corrected chi connectivity index (χ4v) is 3.80. The first kappa shape index (κ1) is 21.4. The van der Waals surface area contributed by atoms with Crippen LogP contribution in [-0.4, -0.2) is 70.5 Å². The molecule has 0 aliphatic carbocycles. The number of carbonyl (C=O) groups is 1. The van der Waals surface area contributed by atoms with E-state index in [1.54, 1.807) is 56.8 Å². The summed E-state index contributed by atoms with van der Waals surface area (Å²) in [5, 5.41) is 11.2. The van der Waals surface area contributed by atoms with Crippen molar-refractivity contribution < 1.29 is 23.5 Å². The maximum absolute atomic E-state index is 12.9. The van der Waals surface area contributed by atoms with Crippen LogP contribution >= 0.6 is 0 Å². The quantitative estimate of drug-likeness (QED) is 0.441. The van der Waals surface area contributed by atoms with E-state index >= 15 is 0 Å². The first-order valence-corrected chi connectivity index (χ1v) is 10.5. The number of hydrogen-bond acceptors (Lipinski definition) is 9. The third kappa shape index (κ3) is 3.81. The van der Waals surface area contributed by atoms with E-state index in [0.29, 0.717) is 53.4 Å². The van der Waals surface area contributed by atoms with Crippen molar-refractivity contribution in [1.82, 2.24) is 30.2 Å². The molecule has 5 rings (SSSR count). The highest BCUT2D eigenvalue weighted by Gasteiger charge is 2.36. The second-order valence-electron chi connectivity index (χ2n) is 7.68. The first-order chi connectivity index (χ1) is 16.6. The Hall–Kier alpha value is -4.41. The van der Waals surface area contributed by atoms with Crippen molar-refractivity contribution in [3.05, 3.63) is 54.3 Å². The lowest BCUT2D eigenvalue weighted by atomic mass is 9.99. The molecule has 1 fully saturated rings. The number of benzene rings is 1. The summed E-state index contributed by atoms with van der Waals surface area (Å²) < 4.78 is 21.6. The maximum atomic E-state index is 12.9. The van der Waals surface area contributed by atoms with Crippen molar-refractivity contribution in [2.24, 2.45) is 0 Å². The number of ether oxygens (including phenoxy) is 3. The summed E-state index contributed by atoms with van der Waals surface area (Å²) in [6, 6.07) is 8.89. The fraction of sp³-hybridized carbons (Fsp3) is 0.261. The molecule has 3 aromatic heterocycles. The number of nitrogens with zero attached hydrogens (tertiary/aromatic N) is 5. The van der Waals surface area contributed by atoms with Crippen molar-refractivity contribution >= 4 is 5.91 Å². The molecule has 4 heterocycles. The molecule has 11 heteroatoms. The molecule has 0 atom stereocenters. The Kier molecular flexibility index (Phi) is 5.58. The molecule has 1 amide bonds. The molecule has 1 aromatic carbocycles. The van der Waals surface area contributed by atoms with Crippen LogP contribution in [0, 0.1) is 0 Å². The monoisotopic (exact) mass is 462 g/mol. The molecule has 0 bridgehead atoms. The van der Waals surface area contributed by atoms with E-state index in [1.807, 2.05) is 12.1 Å². The van der Waals surface area contributed by atoms with Crippen LogP contribution in [0.3, 0.4) is 0 Å². The zero-order valence-corrected chi connectivity index (χ0v) is 18.8. The number of aromatic amines is 1. The summed E-state index contributed by atoms with van der Waals surface area (Å²) in [4.78, 5) is 23.1. The second-order valence-corrected chi connectivity index (χ2v) is 7.68. The maximum Gasteiger partial charge on any atom is 0.271 e. The Bertz CT molecular complexity index is 1290. The van der Waals surface area contributed by atoms with Gasteiger partial charge in [-0.1, -0.05) is 5.16 Å². The Balaban J connectivity index is 1.27. The molecule has 4 aromatic rings. The number of carbonyl (C=O) groups excluding carboxylic acids is 1. The van der Waals surface area contributed by atoms with Gasteiger partial charge in [0.05, 0.1) is 32.9 Å².